The standard InChI is InChI=1S/C22H31N3O3S/c1-2-25(21-11-7-4-8-12-21)22(26)19-23-14-16-24(17-15-23)29(27,28)18-13-20-9-5-3-6-10-20/h3,5-6,9-11,13,18H,2,4,7-8,12,14-17,19H2,1H3/b18-13+. The number of benzene rings is 1. The zero-order valence-electron chi connectivity index (χ0n) is 17.2. The molecule has 6 nitrogen and oxygen atoms in total. The van der Waals surface area contributed by atoms with Crippen molar-refractivity contribution in [2.75, 3.05) is 39.3 Å². The first-order valence-electron chi connectivity index (χ1n) is 10.4. The summed E-state index contributed by atoms with van der Waals surface area (Å²) < 4.78 is 26.7. The smallest absolute Gasteiger partial charge is 0.240 e. The van der Waals surface area contributed by atoms with Gasteiger partial charge in [-0.3, -0.25) is 9.69 Å². The molecule has 1 aliphatic carbocycles. The first kappa shape index (κ1) is 21.7. The highest BCUT2D eigenvalue weighted by atomic mass is 32.2. The zero-order valence-corrected chi connectivity index (χ0v) is 18.0. The molecule has 1 saturated heterocycles. The maximum atomic E-state index is 12.8. The van der Waals surface area contributed by atoms with Gasteiger partial charge in [-0.15, -0.1) is 0 Å². The monoisotopic (exact) mass is 417 g/mol. The predicted molar refractivity (Wildman–Crippen MR) is 116 cm³/mol. The Morgan fingerprint density at radius 1 is 1.10 bits per heavy atom. The second-order valence-electron chi connectivity index (χ2n) is 7.51. The maximum Gasteiger partial charge on any atom is 0.240 e. The first-order chi connectivity index (χ1) is 14.0. The first-order valence-corrected chi connectivity index (χ1v) is 11.9. The molecule has 2 aliphatic rings. The van der Waals surface area contributed by atoms with Crippen molar-refractivity contribution in [3.8, 4) is 0 Å². The fraction of sp³-hybridized carbons (Fsp3) is 0.500. The van der Waals surface area contributed by atoms with Gasteiger partial charge >= 0.3 is 0 Å². The van der Waals surface area contributed by atoms with Crippen LogP contribution in [-0.4, -0.2) is 67.7 Å². The number of carbonyl (C=O) groups excluding carboxylic acids is 1. The number of allylic oxidation sites excluding steroid dienone is 2. The molecule has 3 rings (SSSR count). The Morgan fingerprint density at radius 3 is 2.45 bits per heavy atom. The van der Waals surface area contributed by atoms with Crippen LogP contribution < -0.4 is 0 Å². The van der Waals surface area contributed by atoms with E-state index in [0.717, 1.165) is 30.5 Å². The number of piperazine rings is 1. The van der Waals surface area contributed by atoms with E-state index in [2.05, 4.69) is 11.0 Å². The number of carbonyl (C=O) groups is 1. The summed E-state index contributed by atoms with van der Waals surface area (Å²) >= 11 is 0. The van der Waals surface area contributed by atoms with Gasteiger partial charge in [-0.05, 0) is 44.2 Å². The number of likely N-dealkylation sites (N-methyl/N-ethyl adjacent to an activating group) is 1. The Kier molecular flexibility index (Phi) is 7.64. The van der Waals surface area contributed by atoms with Crippen molar-refractivity contribution >= 4 is 22.0 Å². The summed E-state index contributed by atoms with van der Waals surface area (Å²) in [6.45, 7) is 4.99. The van der Waals surface area contributed by atoms with E-state index in [1.165, 1.54) is 16.1 Å². The molecule has 1 fully saturated rings. The maximum absolute atomic E-state index is 12.8. The summed E-state index contributed by atoms with van der Waals surface area (Å²) in [5, 5.41) is 1.28. The zero-order chi connectivity index (χ0) is 20.7. The lowest BCUT2D eigenvalue weighted by Crippen LogP contribution is -2.51. The minimum Gasteiger partial charge on any atom is -0.316 e. The van der Waals surface area contributed by atoms with Crippen molar-refractivity contribution < 1.29 is 13.2 Å². The van der Waals surface area contributed by atoms with Gasteiger partial charge in [0.2, 0.25) is 15.9 Å². The Hall–Kier alpha value is -1.96. The van der Waals surface area contributed by atoms with E-state index in [1.54, 1.807) is 6.08 Å². The van der Waals surface area contributed by atoms with Gasteiger partial charge in [0.05, 0.1) is 6.54 Å². The fourth-order valence-electron chi connectivity index (χ4n) is 3.84. The van der Waals surface area contributed by atoms with Crippen LogP contribution in [-0.2, 0) is 14.8 Å². The molecule has 0 N–H and O–H groups in total. The highest BCUT2D eigenvalue weighted by molar-refractivity contribution is 7.92. The molecule has 0 radical (unpaired) electrons. The largest absolute Gasteiger partial charge is 0.316 e. The molecule has 0 aromatic heterocycles. The third-order valence-corrected chi connectivity index (χ3v) is 7.08. The normalized spacial score (nSPS) is 19.3. The molecule has 1 amide bonds. The quantitative estimate of drug-likeness (QED) is 0.684. The Balaban J connectivity index is 1.52. The van der Waals surface area contributed by atoms with E-state index in [4.69, 9.17) is 0 Å². The van der Waals surface area contributed by atoms with Crippen LogP contribution >= 0.6 is 0 Å². The fourth-order valence-corrected chi connectivity index (χ4v) is 5.01. The summed E-state index contributed by atoms with van der Waals surface area (Å²) in [5.41, 5.74) is 2.01. The van der Waals surface area contributed by atoms with Crippen molar-refractivity contribution in [3.05, 3.63) is 53.1 Å². The molecule has 0 spiro atoms. The van der Waals surface area contributed by atoms with Gasteiger partial charge in [-0.2, -0.15) is 4.31 Å². The van der Waals surface area contributed by atoms with Crippen LogP contribution in [0.1, 0.15) is 38.2 Å². The van der Waals surface area contributed by atoms with Gasteiger partial charge in [0.15, 0.2) is 0 Å². The lowest BCUT2D eigenvalue weighted by Gasteiger charge is -2.34. The molecule has 1 aliphatic heterocycles. The van der Waals surface area contributed by atoms with Crippen molar-refractivity contribution in [3.63, 3.8) is 0 Å². The molecule has 0 bridgehead atoms. The van der Waals surface area contributed by atoms with Gasteiger partial charge < -0.3 is 4.90 Å². The predicted octanol–water partition coefficient (Wildman–Crippen LogP) is 2.91. The lowest BCUT2D eigenvalue weighted by atomic mass is 10.0. The Morgan fingerprint density at radius 2 is 1.83 bits per heavy atom. The number of hydrogen-bond donors (Lipinski definition) is 0. The van der Waals surface area contributed by atoms with Gasteiger partial charge in [0, 0.05) is 43.8 Å². The third kappa shape index (κ3) is 6.01. The summed E-state index contributed by atoms with van der Waals surface area (Å²) in [6.07, 6.45) is 8.18. The van der Waals surface area contributed by atoms with E-state index in [0.29, 0.717) is 39.3 Å². The average molecular weight is 418 g/mol. The van der Waals surface area contributed by atoms with Crippen molar-refractivity contribution in [2.45, 2.75) is 32.6 Å². The van der Waals surface area contributed by atoms with Gasteiger partial charge in [0.25, 0.3) is 0 Å². The molecule has 1 aromatic carbocycles. The van der Waals surface area contributed by atoms with Gasteiger partial charge in [-0.25, -0.2) is 8.42 Å². The molecule has 29 heavy (non-hydrogen) atoms. The highest BCUT2D eigenvalue weighted by Crippen LogP contribution is 2.21. The summed E-state index contributed by atoms with van der Waals surface area (Å²) in [4.78, 5) is 16.7. The van der Waals surface area contributed by atoms with Crippen LogP contribution in [0.15, 0.2) is 47.5 Å². The third-order valence-electron chi connectivity index (χ3n) is 5.51. The Labute approximate surface area is 174 Å². The van der Waals surface area contributed by atoms with Crippen LogP contribution in [0.5, 0.6) is 0 Å². The van der Waals surface area contributed by atoms with E-state index in [9.17, 15) is 13.2 Å². The molecule has 7 heteroatoms. The van der Waals surface area contributed by atoms with Gasteiger partial charge in [-0.1, -0.05) is 36.4 Å². The molecule has 0 unspecified atom stereocenters. The topological polar surface area (TPSA) is 60.9 Å². The molecule has 1 heterocycles. The molecular weight excluding hydrogens is 386 g/mol. The van der Waals surface area contributed by atoms with E-state index in [1.807, 2.05) is 42.2 Å². The summed E-state index contributed by atoms with van der Waals surface area (Å²) in [6, 6.07) is 9.40. The minimum atomic E-state index is -3.45. The molecule has 0 atom stereocenters. The van der Waals surface area contributed by atoms with E-state index in [-0.39, 0.29) is 5.91 Å². The van der Waals surface area contributed by atoms with Crippen LogP contribution in [0.4, 0.5) is 0 Å². The van der Waals surface area contributed by atoms with Gasteiger partial charge in [0.1, 0.15) is 0 Å². The molecule has 0 saturated carbocycles. The second-order valence-corrected chi connectivity index (χ2v) is 9.33. The number of hydrogen-bond acceptors (Lipinski definition) is 4. The molecule has 1 aromatic rings. The summed E-state index contributed by atoms with van der Waals surface area (Å²) in [7, 11) is -3.45. The minimum absolute atomic E-state index is 0.112. The van der Waals surface area contributed by atoms with Crippen LogP contribution in [0.2, 0.25) is 0 Å². The molecule has 158 valence electrons. The van der Waals surface area contributed by atoms with Crippen LogP contribution in [0.25, 0.3) is 6.08 Å². The average Bonchev–Trinajstić information content (AvgIpc) is 2.75. The van der Waals surface area contributed by atoms with Crippen molar-refractivity contribution in [2.24, 2.45) is 0 Å². The van der Waals surface area contributed by atoms with Crippen molar-refractivity contribution in [1.82, 2.24) is 14.1 Å². The van der Waals surface area contributed by atoms with Crippen molar-refractivity contribution in [1.29, 1.82) is 0 Å². The van der Waals surface area contributed by atoms with Crippen LogP contribution in [0.3, 0.4) is 0 Å². The Bertz CT molecular complexity index is 841. The van der Waals surface area contributed by atoms with E-state index >= 15 is 0 Å². The number of rotatable bonds is 7. The lowest BCUT2D eigenvalue weighted by molar-refractivity contribution is -0.130. The number of amides is 1. The highest BCUT2D eigenvalue weighted by Gasteiger charge is 2.27. The number of nitrogens with zero attached hydrogens (tertiary/aromatic N) is 3. The van der Waals surface area contributed by atoms with Crippen LogP contribution in [0, 0.1) is 0 Å². The SMILES string of the molecule is CCN(C(=O)CN1CCN(S(=O)(=O)/C=C/c2ccccc2)CC1)C1=CCCCC1. The number of sulfonamides is 1. The molecular formula is C22H31N3O3S. The van der Waals surface area contributed by atoms with E-state index < -0.39 is 10.0 Å². The second kappa shape index (κ2) is 10.2. The summed E-state index contributed by atoms with van der Waals surface area (Å²) in [5.74, 6) is 0.112.